The van der Waals surface area contributed by atoms with Gasteiger partial charge in [-0.1, -0.05) is 24.3 Å². The molecule has 0 radical (unpaired) electrons. The van der Waals surface area contributed by atoms with Gasteiger partial charge in [0.2, 0.25) is 5.95 Å². The van der Waals surface area contributed by atoms with Crippen LogP contribution in [-0.4, -0.2) is 20.3 Å². The maximum absolute atomic E-state index is 9.21. The SMILES string of the molecule is Oc1ccc(CNc2nnc3ccccc3n2)cc1. The number of anilines is 1. The van der Waals surface area contributed by atoms with Gasteiger partial charge in [0, 0.05) is 6.54 Å². The van der Waals surface area contributed by atoms with Gasteiger partial charge in [-0.2, -0.15) is 0 Å². The van der Waals surface area contributed by atoms with Crippen LogP contribution in [0.4, 0.5) is 5.95 Å². The lowest BCUT2D eigenvalue weighted by atomic mass is 10.2. The number of fused-ring (bicyclic) bond motifs is 1. The Labute approximate surface area is 110 Å². The van der Waals surface area contributed by atoms with Gasteiger partial charge in [0.25, 0.3) is 0 Å². The molecule has 3 aromatic rings. The number of para-hydroxylation sites is 1. The lowest BCUT2D eigenvalue weighted by molar-refractivity contribution is 0.475. The van der Waals surface area contributed by atoms with E-state index >= 15 is 0 Å². The van der Waals surface area contributed by atoms with Gasteiger partial charge in [-0.05, 0) is 29.8 Å². The Kier molecular flexibility index (Phi) is 2.94. The maximum atomic E-state index is 9.21. The fourth-order valence-electron chi connectivity index (χ4n) is 1.75. The monoisotopic (exact) mass is 252 g/mol. The third kappa shape index (κ3) is 2.60. The summed E-state index contributed by atoms with van der Waals surface area (Å²) < 4.78 is 0. The van der Waals surface area contributed by atoms with Crippen molar-refractivity contribution in [1.82, 2.24) is 15.2 Å². The average Bonchev–Trinajstić information content (AvgIpc) is 2.46. The predicted molar refractivity (Wildman–Crippen MR) is 72.8 cm³/mol. The van der Waals surface area contributed by atoms with Gasteiger partial charge in [0.15, 0.2) is 0 Å². The van der Waals surface area contributed by atoms with E-state index in [1.807, 2.05) is 36.4 Å². The Balaban J connectivity index is 1.76. The number of nitrogens with zero attached hydrogens (tertiary/aromatic N) is 3. The zero-order valence-electron chi connectivity index (χ0n) is 10.1. The summed E-state index contributed by atoms with van der Waals surface area (Å²) >= 11 is 0. The van der Waals surface area contributed by atoms with Crippen molar-refractivity contribution in [3.8, 4) is 5.75 Å². The third-order valence-electron chi connectivity index (χ3n) is 2.75. The normalized spacial score (nSPS) is 10.5. The minimum absolute atomic E-state index is 0.257. The molecule has 0 saturated heterocycles. The van der Waals surface area contributed by atoms with Crippen LogP contribution in [0, 0.1) is 0 Å². The van der Waals surface area contributed by atoms with E-state index in [1.165, 1.54) is 0 Å². The van der Waals surface area contributed by atoms with Gasteiger partial charge >= 0.3 is 0 Å². The minimum Gasteiger partial charge on any atom is -0.508 e. The Morgan fingerprint density at radius 1 is 0.895 bits per heavy atom. The van der Waals surface area contributed by atoms with Crippen molar-refractivity contribution in [3.05, 3.63) is 54.1 Å². The quantitative estimate of drug-likeness (QED) is 0.748. The molecule has 2 N–H and O–H groups in total. The number of hydrogen-bond donors (Lipinski definition) is 2. The number of benzene rings is 2. The van der Waals surface area contributed by atoms with Crippen LogP contribution in [0.5, 0.6) is 5.75 Å². The molecule has 0 amide bonds. The molecule has 0 bridgehead atoms. The van der Waals surface area contributed by atoms with Crippen LogP contribution in [0.25, 0.3) is 11.0 Å². The zero-order valence-corrected chi connectivity index (χ0v) is 10.1. The highest BCUT2D eigenvalue weighted by Gasteiger charge is 2.00. The van der Waals surface area contributed by atoms with Crippen molar-refractivity contribution in [3.63, 3.8) is 0 Å². The molecule has 2 aromatic carbocycles. The predicted octanol–water partition coefficient (Wildman–Crippen LogP) is 2.34. The first-order valence-electron chi connectivity index (χ1n) is 5.92. The molecular weight excluding hydrogens is 240 g/mol. The molecule has 1 aromatic heterocycles. The van der Waals surface area contributed by atoms with E-state index < -0.39 is 0 Å². The van der Waals surface area contributed by atoms with Crippen molar-refractivity contribution in [2.45, 2.75) is 6.54 Å². The number of aromatic nitrogens is 3. The molecule has 5 nitrogen and oxygen atoms in total. The Bertz CT molecular complexity index is 697. The van der Waals surface area contributed by atoms with E-state index in [0.29, 0.717) is 12.5 Å². The standard InChI is InChI=1S/C14H12N4O/c19-11-7-5-10(6-8-11)9-15-14-16-12-3-1-2-4-13(12)17-18-14/h1-8,19H,9H2,(H,15,16,18). The van der Waals surface area contributed by atoms with Crippen molar-refractivity contribution in [2.75, 3.05) is 5.32 Å². The summed E-state index contributed by atoms with van der Waals surface area (Å²) in [6.45, 7) is 0.584. The molecule has 0 atom stereocenters. The largest absolute Gasteiger partial charge is 0.508 e. The highest BCUT2D eigenvalue weighted by atomic mass is 16.3. The van der Waals surface area contributed by atoms with E-state index in [0.717, 1.165) is 16.6 Å². The van der Waals surface area contributed by atoms with Gasteiger partial charge in [-0.15, -0.1) is 10.2 Å². The number of phenolic OH excluding ortho intramolecular Hbond substituents is 1. The highest BCUT2D eigenvalue weighted by molar-refractivity contribution is 5.74. The molecule has 0 aliphatic heterocycles. The summed E-state index contributed by atoms with van der Waals surface area (Å²) in [7, 11) is 0. The van der Waals surface area contributed by atoms with Crippen molar-refractivity contribution in [1.29, 1.82) is 0 Å². The summed E-state index contributed by atoms with van der Waals surface area (Å²) in [5, 5.41) is 20.4. The molecular formula is C14H12N4O. The molecule has 0 saturated carbocycles. The van der Waals surface area contributed by atoms with Gasteiger partial charge in [0.05, 0.1) is 5.52 Å². The minimum atomic E-state index is 0.257. The Morgan fingerprint density at radius 2 is 1.63 bits per heavy atom. The van der Waals surface area contributed by atoms with Crippen LogP contribution < -0.4 is 5.32 Å². The van der Waals surface area contributed by atoms with Crippen molar-refractivity contribution in [2.24, 2.45) is 0 Å². The molecule has 0 aliphatic carbocycles. The first-order valence-corrected chi connectivity index (χ1v) is 5.92. The lowest BCUT2D eigenvalue weighted by Gasteiger charge is -2.05. The highest BCUT2D eigenvalue weighted by Crippen LogP contribution is 2.12. The van der Waals surface area contributed by atoms with Gasteiger partial charge in [-0.25, -0.2) is 4.98 Å². The first kappa shape index (κ1) is 11.4. The molecule has 0 aliphatic rings. The summed E-state index contributed by atoms with van der Waals surface area (Å²) in [5.41, 5.74) is 2.62. The van der Waals surface area contributed by atoms with Crippen molar-refractivity contribution >= 4 is 17.0 Å². The lowest BCUT2D eigenvalue weighted by Crippen LogP contribution is -2.04. The third-order valence-corrected chi connectivity index (χ3v) is 2.75. The van der Waals surface area contributed by atoms with Crippen LogP contribution in [0.15, 0.2) is 48.5 Å². The zero-order chi connectivity index (χ0) is 13.1. The van der Waals surface area contributed by atoms with Crippen LogP contribution in [0.1, 0.15) is 5.56 Å². The van der Waals surface area contributed by atoms with Gasteiger partial charge in [-0.3, -0.25) is 0 Å². The summed E-state index contributed by atoms with van der Waals surface area (Å²) in [6, 6.07) is 14.6. The fraction of sp³-hybridized carbons (Fsp3) is 0.0714. The maximum Gasteiger partial charge on any atom is 0.243 e. The number of aromatic hydroxyl groups is 1. The summed E-state index contributed by atoms with van der Waals surface area (Å²) in [4.78, 5) is 4.37. The van der Waals surface area contributed by atoms with E-state index in [-0.39, 0.29) is 5.75 Å². The number of rotatable bonds is 3. The molecule has 19 heavy (non-hydrogen) atoms. The molecule has 0 unspecified atom stereocenters. The first-order chi connectivity index (χ1) is 9.31. The molecule has 94 valence electrons. The van der Waals surface area contributed by atoms with Gasteiger partial charge < -0.3 is 10.4 Å². The summed E-state index contributed by atoms with van der Waals surface area (Å²) in [6.07, 6.45) is 0. The van der Waals surface area contributed by atoms with Crippen molar-refractivity contribution < 1.29 is 5.11 Å². The van der Waals surface area contributed by atoms with Crippen LogP contribution in [0.3, 0.4) is 0 Å². The number of nitrogens with one attached hydrogen (secondary N) is 1. The van der Waals surface area contributed by atoms with Crippen LogP contribution >= 0.6 is 0 Å². The van der Waals surface area contributed by atoms with E-state index in [4.69, 9.17) is 0 Å². The van der Waals surface area contributed by atoms with E-state index in [2.05, 4.69) is 20.5 Å². The fourth-order valence-corrected chi connectivity index (χ4v) is 1.75. The topological polar surface area (TPSA) is 70.9 Å². The Morgan fingerprint density at radius 3 is 2.42 bits per heavy atom. The Hall–Kier alpha value is -2.69. The second-order valence-electron chi connectivity index (χ2n) is 4.14. The molecule has 1 heterocycles. The second kappa shape index (κ2) is 4.89. The molecule has 5 heteroatoms. The van der Waals surface area contributed by atoms with Crippen LogP contribution in [-0.2, 0) is 6.54 Å². The summed E-state index contributed by atoms with van der Waals surface area (Å²) in [5.74, 6) is 0.749. The average molecular weight is 252 g/mol. The smallest absolute Gasteiger partial charge is 0.243 e. The second-order valence-corrected chi connectivity index (χ2v) is 4.14. The van der Waals surface area contributed by atoms with Crippen LogP contribution in [0.2, 0.25) is 0 Å². The van der Waals surface area contributed by atoms with Gasteiger partial charge in [0.1, 0.15) is 11.3 Å². The molecule has 3 rings (SSSR count). The number of phenols is 1. The number of hydrogen-bond acceptors (Lipinski definition) is 5. The molecule has 0 fully saturated rings. The van der Waals surface area contributed by atoms with E-state index in [9.17, 15) is 5.11 Å². The molecule has 0 spiro atoms. The van der Waals surface area contributed by atoms with E-state index in [1.54, 1.807) is 12.1 Å².